The van der Waals surface area contributed by atoms with Crippen molar-refractivity contribution in [1.29, 1.82) is 0 Å². The normalized spacial score (nSPS) is 13.7. The number of hydrogen-bond donors (Lipinski definition) is 2. The molecule has 1 aliphatic rings. The molecule has 1 aliphatic heterocycles. The summed E-state index contributed by atoms with van der Waals surface area (Å²) in [6, 6.07) is 12.6. The third-order valence-electron chi connectivity index (χ3n) is 5.37. The van der Waals surface area contributed by atoms with Gasteiger partial charge in [0, 0.05) is 25.2 Å². The predicted molar refractivity (Wildman–Crippen MR) is 133 cm³/mol. The topological polar surface area (TPSA) is 125 Å². The van der Waals surface area contributed by atoms with Crippen LogP contribution in [-0.2, 0) is 19.6 Å². The van der Waals surface area contributed by atoms with Crippen LogP contribution < -0.4 is 14.9 Å². The summed E-state index contributed by atoms with van der Waals surface area (Å²) in [5.74, 6) is -1.11. The molecule has 0 spiro atoms. The molecule has 2 N–H and O–H groups in total. The van der Waals surface area contributed by atoms with E-state index in [-0.39, 0.29) is 28.8 Å². The molecule has 3 rings (SSSR count). The first-order valence-electron chi connectivity index (χ1n) is 11.3. The third kappa shape index (κ3) is 7.03. The van der Waals surface area contributed by atoms with Crippen molar-refractivity contribution in [2.24, 2.45) is 0 Å². The summed E-state index contributed by atoms with van der Waals surface area (Å²) in [7, 11) is -3.82. The van der Waals surface area contributed by atoms with Gasteiger partial charge >= 0.3 is 0 Å². The molecule has 0 aromatic heterocycles. The molecule has 35 heavy (non-hydrogen) atoms. The molecular weight excluding hydrogens is 472 g/mol. The Labute approximate surface area is 205 Å². The maximum atomic E-state index is 12.8. The standard InChI is InChI=1S/C24H30N4O6S/c1-3-12-25-23(30)20-6-4-5-7-21(20)26-22(29)17-28(35(2,32)33)19-10-8-18(9-11-19)24(31)27-13-15-34-16-14-27/h4-11H,3,12-17H2,1-2H3,(H,25,30)(H,26,29). The predicted octanol–water partition coefficient (Wildman–Crippen LogP) is 1.70. The van der Waals surface area contributed by atoms with E-state index in [9.17, 15) is 22.8 Å². The summed E-state index contributed by atoms with van der Waals surface area (Å²) in [6.45, 7) is 3.86. The summed E-state index contributed by atoms with van der Waals surface area (Å²) in [6.07, 6.45) is 1.76. The Balaban J connectivity index is 1.74. The number of rotatable bonds is 9. The zero-order valence-corrected chi connectivity index (χ0v) is 20.6. The molecule has 1 heterocycles. The largest absolute Gasteiger partial charge is 0.378 e. The van der Waals surface area contributed by atoms with Crippen molar-refractivity contribution in [3.05, 3.63) is 59.7 Å². The molecule has 10 nitrogen and oxygen atoms in total. The van der Waals surface area contributed by atoms with Crippen molar-refractivity contribution in [3.63, 3.8) is 0 Å². The second-order valence-corrected chi connectivity index (χ2v) is 9.98. The van der Waals surface area contributed by atoms with Crippen LogP contribution in [0.15, 0.2) is 48.5 Å². The number of hydrogen-bond acceptors (Lipinski definition) is 6. The van der Waals surface area contributed by atoms with Crippen LogP contribution in [0.1, 0.15) is 34.1 Å². The number of amides is 3. The monoisotopic (exact) mass is 502 g/mol. The second kappa shape index (κ2) is 11.8. The molecular formula is C24H30N4O6S. The van der Waals surface area contributed by atoms with Gasteiger partial charge in [-0.25, -0.2) is 8.42 Å². The number of carbonyl (C=O) groups excluding carboxylic acids is 3. The van der Waals surface area contributed by atoms with E-state index in [2.05, 4.69) is 10.6 Å². The van der Waals surface area contributed by atoms with Gasteiger partial charge in [-0.2, -0.15) is 0 Å². The van der Waals surface area contributed by atoms with E-state index in [1.165, 1.54) is 24.3 Å². The van der Waals surface area contributed by atoms with E-state index in [4.69, 9.17) is 4.74 Å². The van der Waals surface area contributed by atoms with E-state index >= 15 is 0 Å². The van der Waals surface area contributed by atoms with Crippen LogP contribution in [0.3, 0.4) is 0 Å². The number of morpholine rings is 1. The van der Waals surface area contributed by atoms with Crippen molar-refractivity contribution < 1.29 is 27.5 Å². The molecule has 3 amide bonds. The highest BCUT2D eigenvalue weighted by atomic mass is 32.2. The summed E-state index contributed by atoms with van der Waals surface area (Å²) in [5.41, 5.74) is 1.23. The van der Waals surface area contributed by atoms with Gasteiger partial charge in [-0.1, -0.05) is 19.1 Å². The average molecular weight is 503 g/mol. The van der Waals surface area contributed by atoms with Gasteiger partial charge in [0.2, 0.25) is 15.9 Å². The Hall–Kier alpha value is -3.44. The molecule has 1 saturated heterocycles. The lowest BCUT2D eigenvalue weighted by molar-refractivity contribution is -0.114. The van der Waals surface area contributed by atoms with Gasteiger partial charge in [0.25, 0.3) is 11.8 Å². The molecule has 2 aromatic carbocycles. The molecule has 0 aliphatic carbocycles. The first-order valence-corrected chi connectivity index (χ1v) is 13.2. The van der Waals surface area contributed by atoms with Crippen LogP contribution in [0, 0.1) is 0 Å². The number of sulfonamides is 1. The van der Waals surface area contributed by atoms with Gasteiger partial charge in [-0.05, 0) is 42.8 Å². The molecule has 0 saturated carbocycles. The molecule has 11 heteroatoms. The summed E-state index contributed by atoms with van der Waals surface area (Å²) in [4.78, 5) is 39.5. The minimum absolute atomic E-state index is 0.165. The fourth-order valence-electron chi connectivity index (χ4n) is 3.56. The minimum atomic E-state index is -3.82. The molecule has 0 bridgehead atoms. The van der Waals surface area contributed by atoms with E-state index in [0.717, 1.165) is 17.0 Å². The van der Waals surface area contributed by atoms with Crippen molar-refractivity contribution in [2.45, 2.75) is 13.3 Å². The molecule has 0 radical (unpaired) electrons. The van der Waals surface area contributed by atoms with Crippen molar-refractivity contribution in [1.82, 2.24) is 10.2 Å². The van der Waals surface area contributed by atoms with Crippen molar-refractivity contribution in [2.75, 3.05) is 55.3 Å². The quantitative estimate of drug-likeness (QED) is 0.538. The number of ether oxygens (including phenoxy) is 1. The minimum Gasteiger partial charge on any atom is -0.378 e. The summed E-state index contributed by atoms with van der Waals surface area (Å²) >= 11 is 0. The maximum Gasteiger partial charge on any atom is 0.254 e. The Morgan fingerprint density at radius 1 is 1.03 bits per heavy atom. The number of carbonyl (C=O) groups is 3. The van der Waals surface area contributed by atoms with Crippen LogP contribution in [0.4, 0.5) is 11.4 Å². The molecule has 1 fully saturated rings. The second-order valence-electron chi connectivity index (χ2n) is 8.07. The Morgan fingerprint density at radius 3 is 2.31 bits per heavy atom. The first kappa shape index (κ1) is 26.2. The maximum absolute atomic E-state index is 12.8. The van der Waals surface area contributed by atoms with Crippen molar-refractivity contribution >= 4 is 39.1 Å². The Kier molecular flexibility index (Phi) is 8.83. The fraction of sp³-hybridized carbons (Fsp3) is 0.375. The van der Waals surface area contributed by atoms with E-state index in [1.54, 1.807) is 29.2 Å². The van der Waals surface area contributed by atoms with Crippen LogP contribution >= 0.6 is 0 Å². The number of anilines is 2. The average Bonchev–Trinajstić information content (AvgIpc) is 2.85. The van der Waals surface area contributed by atoms with Crippen LogP contribution in [0.2, 0.25) is 0 Å². The zero-order chi connectivity index (χ0) is 25.4. The van der Waals surface area contributed by atoms with E-state index in [0.29, 0.717) is 38.4 Å². The van der Waals surface area contributed by atoms with Gasteiger partial charge in [-0.15, -0.1) is 0 Å². The van der Waals surface area contributed by atoms with Gasteiger partial charge in [-0.3, -0.25) is 18.7 Å². The molecule has 188 valence electrons. The summed E-state index contributed by atoms with van der Waals surface area (Å²) < 4.78 is 31.2. The van der Waals surface area contributed by atoms with E-state index in [1.807, 2.05) is 6.92 Å². The number of para-hydroxylation sites is 1. The smallest absolute Gasteiger partial charge is 0.254 e. The highest BCUT2D eigenvalue weighted by Crippen LogP contribution is 2.21. The Bertz CT molecular complexity index is 1160. The lowest BCUT2D eigenvalue weighted by Crippen LogP contribution is -2.40. The number of nitrogens with zero attached hydrogens (tertiary/aromatic N) is 2. The molecule has 0 atom stereocenters. The summed E-state index contributed by atoms with van der Waals surface area (Å²) in [5, 5.41) is 5.39. The zero-order valence-electron chi connectivity index (χ0n) is 19.8. The third-order valence-corrected chi connectivity index (χ3v) is 6.51. The van der Waals surface area contributed by atoms with Crippen LogP contribution in [0.25, 0.3) is 0 Å². The number of nitrogens with one attached hydrogen (secondary N) is 2. The highest BCUT2D eigenvalue weighted by molar-refractivity contribution is 7.92. The van der Waals surface area contributed by atoms with Gasteiger partial charge in [0.15, 0.2) is 0 Å². The lowest BCUT2D eigenvalue weighted by Gasteiger charge is -2.27. The van der Waals surface area contributed by atoms with Gasteiger partial charge < -0.3 is 20.3 Å². The first-order chi connectivity index (χ1) is 16.7. The Morgan fingerprint density at radius 2 is 1.69 bits per heavy atom. The van der Waals surface area contributed by atoms with Crippen molar-refractivity contribution in [3.8, 4) is 0 Å². The fourth-order valence-corrected chi connectivity index (χ4v) is 4.42. The highest BCUT2D eigenvalue weighted by Gasteiger charge is 2.23. The molecule has 2 aromatic rings. The van der Waals surface area contributed by atoms with Crippen LogP contribution in [0.5, 0.6) is 0 Å². The van der Waals surface area contributed by atoms with Gasteiger partial charge in [0.1, 0.15) is 6.54 Å². The number of benzene rings is 2. The molecule has 0 unspecified atom stereocenters. The van der Waals surface area contributed by atoms with Gasteiger partial charge in [0.05, 0.1) is 36.4 Å². The lowest BCUT2D eigenvalue weighted by atomic mass is 10.1. The van der Waals surface area contributed by atoms with Crippen LogP contribution in [-0.4, -0.2) is 76.7 Å². The van der Waals surface area contributed by atoms with E-state index < -0.39 is 22.5 Å². The SMILES string of the molecule is CCCNC(=O)c1ccccc1NC(=O)CN(c1ccc(C(=O)N2CCOCC2)cc1)S(C)(=O)=O.